The number of rotatable bonds is 4. The van der Waals surface area contributed by atoms with Crippen LogP contribution in [0.15, 0.2) is 29.2 Å². The smallest absolute Gasteiger partial charge is 0.253 e. The van der Waals surface area contributed by atoms with E-state index in [-0.39, 0.29) is 28.7 Å². The van der Waals surface area contributed by atoms with Crippen molar-refractivity contribution in [2.75, 3.05) is 13.1 Å². The highest BCUT2D eigenvalue weighted by atomic mass is 32.2. The normalized spacial score (nSPS) is 24.0. The number of benzene rings is 1. The van der Waals surface area contributed by atoms with Gasteiger partial charge in [-0.25, -0.2) is 13.6 Å². The number of nitrogens with zero attached hydrogens (tertiary/aromatic N) is 1. The molecule has 1 saturated carbocycles. The fourth-order valence-electron chi connectivity index (χ4n) is 3.40. The molecule has 130 valence electrons. The number of primary sulfonamides is 1. The maximum absolute atomic E-state index is 12.7. The molecule has 1 heterocycles. The molecule has 3 rings (SSSR count). The first-order chi connectivity index (χ1) is 11.3. The van der Waals surface area contributed by atoms with E-state index in [0.29, 0.717) is 24.6 Å². The molecular weight excluding hydrogens is 330 g/mol. The van der Waals surface area contributed by atoms with Crippen molar-refractivity contribution >= 4 is 21.8 Å². The Hall–Kier alpha value is -1.93. The first-order valence-corrected chi connectivity index (χ1v) is 9.49. The zero-order chi connectivity index (χ0) is 17.5. The van der Waals surface area contributed by atoms with Crippen molar-refractivity contribution in [2.24, 2.45) is 17.0 Å². The molecule has 0 spiro atoms. The first-order valence-electron chi connectivity index (χ1n) is 7.95. The standard InChI is InChI=1S/C16H21N3O4S/c1-10(20)18-15-9-19(8-14(15)11-5-6-11)16(21)12-3-2-4-13(7-12)24(17,22)23/h2-4,7,11,14-15H,5-6,8-9H2,1H3,(H,18,20)(H2,17,22,23)/t14-,15+/m0/s1. The van der Waals surface area contributed by atoms with Crippen LogP contribution in [0, 0.1) is 11.8 Å². The molecule has 3 N–H and O–H groups in total. The third-order valence-electron chi connectivity index (χ3n) is 4.68. The monoisotopic (exact) mass is 351 g/mol. The average Bonchev–Trinajstić information content (AvgIpc) is 3.27. The predicted octanol–water partition coefficient (Wildman–Crippen LogP) is 0.321. The van der Waals surface area contributed by atoms with E-state index in [1.807, 2.05) is 0 Å². The van der Waals surface area contributed by atoms with Gasteiger partial charge in [-0.3, -0.25) is 9.59 Å². The van der Waals surface area contributed by atoms with Gasteiger partial charge in [-0.2, -0.15) is 0 Å². The highest BCUT2D eigenvalue weighted by molar-refractivity contribution is 7.89. The molecule has 1 aromatic rings. The first kappa shape index (κ1) is 16.9. The zero-order valence-electron chi connectivity index (χ0n) is 13.4. The van der Waals surface area contributed by atoms with E-state index in [9.17, 15) is 18.0 Å². The van der Waals surface area contributed by atoms with E-state index >= 15 is 0 Å². The molecule has 1 saturated heterocycles. The van der Waals surface area contributed by atoms with Gasteiger partial charge in [0.15, 0.2) is 0 Å². The van der Waals surface area contributed by atoms with Gasteiger partial charge in [0.05, 0.1) is 10.9 Å². The van der Waals surface area contributed by atoms with Gasteiger partial charge in [-0.1, -0.05) is 6.07 Å². The Morgan fingerprint density at radius 1 is 1.25 bits per heavy atom. The van der Waals surface area contributed by atoms with Crippen molar-refractivity contribution in [1.82, 2.24) is 10.2 Å². The maximum atomic E-state index is 12.7. The van der Waals surface area contributed by atoms with E-state index in [4.69, 9.17) is 5.14 Å². The summed E-state index contributed by atoms with van der Waals surface area (Å²) in [6.07, 6.45) is 2.26. The number of nitrogens with one attached hydrogen (secondary N) is 1. The fraction of sp³-hybridized carbons (Fsp3) is 0.500. The van der Waals surface area contributed by atoms with Crippen LogP contribution in [0.3, 0.4) is 0 Å². The summed E-state index contributed by atoms with van der Waals surface area (Å²) in [6.45, 7) is 2.50. The van der Waals surface area contributed by atoms with Gasteiger partial charge >= 0.3 is 0 Å². The highest BCUT2D eigenvalue weighted by Crippen LogP contribution is 2.41. The summed E-state index contributed by atoms with van der Waals surface area (Å²) in [5.41, 5.74) is 0.291. The second kappa shape index (κ2) is 6.18. The van der Waals surface area contributed by atoms with E-state index in [0.717, 1.165) is 12.8 Å². The SMILES string of the molecule is CC(=O)N[C@@H]1CN(C(=O)c2cccc(S(N)(=O)=O)c2)C[C@H]1C1CC1. The topological polar surface area (TPSA) is 110 Å². The summed E-state index contributed by atoms with van der Waals surface area (Å²) in [7, 11) is -3.85. The quantitative estimate of drug-likeness (QED) is 0.814. The number of likely N-dealkylation sites (tertiary alicyclic amines) is 1. The molecule has 0 unspecified atom stereocenters. The summed E-state index contributed by atoms with van der Waals surface area (Å²) >= 11 is 0. The van der Waals surface area contributed by atoms with Crippen LogP contribution in [-0.4, -0.2) is 44.3 Å². The minimum absolute atomic E-state index is 0.0413. The van der Waals surface area contributed by atoms with E-state index < -0.39 is 10.0 Å². The molecule has 0 bridgehead atoms. The van der Waals surface area contributed by atoms with Crippen LogP contribution >= 0.6 is 0 Å². The number of sulfonamides is 1. The van der Waals surface area contributed by atoms with Gasteiger partial charge in [0.25, 0.3) is 5.91 Å². The molecule has 0 aromatic heterocycles. The predicted molar refractivity (Wildman–Crippen MR) is 87.5 cm³/mol. The molecule has 2 amide bonds. The van der Waals surface area contributed by atoms with Crippen LogP contribution in [0.5, 0.6) is 0 Å². The van der Waals surface area contributed by atoms with Crippen molar-refractivity contribution < 1.29 is 18.0 Å². The Kier molecular flexibility index (Phi) is 4.35. The Morgan fingerprint density at radius 3 is 2.54 bits per heavy atom. The molecule has 2 fully saturated rings. The molecule has 7 nitrogen and oxygen atoms in total. The van der Waals surface area contributed by atoms with Crippen LogP contribution in [-0.2, 0) is 14.8 Å². The third kappa shape index (κ3) is 3.59. The second-order valence-corrected chi connectivity index (χ2v) is 8.15. The molecule has 1 aliphatic carbocycles. The molecule has 1 aliphatic heterocycles. The summed E-state index contributed by atoms with van der Waals surface area (Å²) in [5.74, 6) is 0.477. The van der Waals surface area contributed by atoms with Gasteiger partial charge in [-0.15, -0.1) is 0 Å². The largest absolute Gasteiger partial charge is 0.351 e. The molecule has 2 aliphatic rings. The lowest BCUT2D eigenvalue weighted by Crippen LogP contribution is -2.40. The van der Waals surface area contributed by atoms with Crippen molar-refractivity contribution in [1.29, 1.82) is 0 Å². The van der Waals surface area contributed by atoms with Crippen molar-refractivity contribution in [2.45, 2.75) is 30.7 Å². The zero-order valence-corrected chi connectivity index (χ0v) is 14.3. The molecule has 24 heavy (non-hydrogen) atoms. The van der Waals surface area contributed by atoms with Gasteiger partial charge in [0, 0.05) is 31.5 Å². The van der Waals surface area contributed by atoms with Crippen LogP contribution in [0.1, 0.15) is 30.1 Å². The number of carbonyl (C=O) groups is 2. The molecule has 2 atom stereocenters. The Bertz CT molecular complexity index is 773. The lowest BCUT2D eigenvalue weighted by Gasteiger charge is -2.17. The number of nitrogens with two attached hydrogens (primary N) is 1. The van der Waals surface area contributed by atoms with Crippen molar-refractivity contribution in [3.63, 3.8) is 0 Å². The minimum atomic E-state index is -3.85. The summed E-state index contributed by atoms with van der Waals surface area (Å²) in [5, 5.41) is 8.06. The van der Waals surface area contributed by atoms with Crippen LogP contribution in [0.4, 0.5) is 0 Å². The Morgan fingerprint density at radius 2 is 1.96 bits per heavy atom. The summed E-state index contributed by atoms with van der Waals surface area (Å²) in [6, 6.07) is 5.71. The minimum Gasteiger partial charge on any atom is -0.351 e. The number of hydrogen-bond donors (Lipinski definition) is 2. The Balaban J connectivity index is 1.79. The number of hydrogen-bond acceptors (Lipinski definition) is 4. The number of amides is 2. The third-order valence-corrected chi connectivity index (χ3v) is 5.59. The van der Waals surface area contributed by atoms with Gasteiger partial charge < -0.3 is 10.2 Å². The summed E-state index contributed by atoms with van der Waals surface area (Å²) in [4.78, 5) is 25.7. The molecule has 8 heteroatoms. The molecular formula is C16H21N3O4S. The number of carbonyl (C=O) groups excluding carboxylic acids is 2. The Labute approximate surface area is 141 Å². The van der Waals surface area contributed by atoms with E-state index in [1.165, 1.54) is 25.1 Å². The van der Waals surface area contributed by atoms with Gasteiger partial charge in [-0.05, 0) is 37.0 Å². The van der Waals surface area contributed by atoms with E-state index in [2.05, 4.69) is 5.32 Å². The lowest BCUT2D eigenvalue weighted by atomic mass is 9.98. The second-order valence-electron chi connectivity index (χ2n) is 6.59. The summed E-state index contributed by atoms with van der Waals surface area (Å²) < 4.78 is 22.9. The van der Waals surface area contributed by atoms with Crippen molar-refractivity contribution in [3.8, 4) is 0 Å². The fourth-order valence-corrected chi connectivity index (χ4v) is 3.96. The maximum Gasteiger partial charge on any atom is 0.253 e. The average molecular weight is 351 g/mol. The highest BCUT2D eigenvalue weighted by Gasteiger charge is 2.44. The van der Waals surface area contributed by atoms with Gasteiger partial charge in [0.2, 0.25) is 15.9 Å². The lowest BCUT2D eigenvalue weighted by molar-refractivity contribution is -0.119. The van der Waals surface area contributed by atoms with E-state index in [1.54, 1.807) is 11.0 Å². The molecule has 0 radical (unpaired) electrons. The van der Waals surface area contributed by atoms with Crippen LogP contribution in [0.2, 0.25) is 0 Å². The van der Waals surface area contributed by atoms with Crippen molar-refractivity contribution in [3.05, 3.63) is 29.8 Å². The molecule has 1 aromatic carbocycles. The van der Waals surface area contributed by atoms with Gasteiger partial charge in [0.1, 0.15) is 0 Å². The van der Waals surface area contributed by atoms with Crippen LogP contribution in [0.25, 0.3) is 0 Å². The van der Waals surface area contributed by atoms with Crippen LogP contribution < -0.4 is 10.5 Å².